The summed E-state index contributed by atoms with van der Waals surface area (Å²) in [6.45, 7) is 3.74. The molecule has 3 rings (SSSR count). The summed E-state index contributed by atoms with van der Waals surface area (Å²) in [6, 6.07) is 7.18. The van der Waals surface area contributed by atoms with Crippen molar-refractivity contribution in [1.82, 2.24) is 14.8 Å². The van der Waals surface area contributed by atoms with Crippen molar-refractivity contribution >= 4 is 5.71 Å². The first-order valence-corrected chi connectivity index (χ1v) is 8.34. The van der Waals surface area contributed by atoms with Crippen LogP contribution in [0.4, 0.5) is 4.39 Å². The molecular weight excluding hydrogens is 323 g/mol. The van der Waals surface area contributed by atoms with Gasteiger partial charge in [-0.1, -0.05) is 17.8 Å². The zero-order valence-corrected chi connectivity index (χ0v) is 13.9. The highest BCUT2D eigenvalue weighted by atomic mass is 19.1. The Labute approximate surface area is 146 Å². The molecule has 0 aliphatic heterocycles. The predicted octanol–water partition coefficient (Wildman–Crippen LogP) is 3.67. The van der Waals surface area contributed by atoms with E-state index >= 15 is 0 Å². The molecule has 2 aromatic rings. The number of oxime groups is 1. The van der Waals surface area contributed by atoms with E-state index in [0.717, 1.165) is 23.3 Å². The minimum atomic E-state index is -1.60. The fourth-order valence-corrected chi connectivity index (χ4v) is 2.76. The first-order chi connectivity index (χ1) is 12.3. The minimum Gasteiger partial charge on any atom is -0.490 e. The molecule has 6 nitrogen and oxygen atoms in total. The maximum atomic E-state index is 14.8. The van der Waals surface area contributed by atoms with Crippen LogP contribution >= 0.6 is 0 Å². The Hall–Kier alpha value is -2.70. The summed E-state index contributed by atoms with van der Waals surface area (Å²) >= 11 is 0. The van der Waals surface area contributed by atoms with Crippen LogP contribution in [-0.2, 0) is 4.84 Å². The van der Waals surface area contributed by atoms with Gasteiger partial charge in [0, 0.05) is 5.56 Å². The molecule has 1 fully saturated rings. The fraction of sp³-hybridized carbons (Fsp3) is 0.389. The molecule has 0 saturated heterocycles. The minimum absolute atomic E-state index is 0.111. The van der Waals surface area contributed by atoms with E-state index in [4.69, 9.17) is 9.57 Å². The summed E-state index contributed by atoms with van der Waals surface area (Å²) in [4.78, 5) is 8.86. The number of hydrogen-bond acceptors (Lipinski definition) is 5. The lowest BCUT2D eigenvalue weighted by Crippen LogP contribution is -2.18. The van der Waals surface area contributed by atoms with Crippen molar-refractivity contribution in [3.8, 4) is 5.75 Å². The summed E-state index contributed by atoms with van der Waals surface area (Å²) in [5.74, 6) is 0.776. The van der Waals surface area contributed by atoms with Crippen molar-refractivity contribution < 1.29 is 14.0 Å². The smallest absolute Gasteiger partial charge is 0.239 e. The maximum Gasteiger partial charge on any atom is 0.239 e. The van der Waals surface area contributed by atoms with Gasteiger partial charge in [0.1, 0.15) is 30.7 Å². The molecule has 1 saturated carbocycles. The molecule has 132 valence electrons. The van der Waals surface area contributed by atoms with Crippen molar-refractivity contribution in [2.75, 3.05) is 6.61 Å². The SMILES string of the molecule is C=CCON=C(c1ccc(OC2CCCC2)cc1)C(F)n1cncn1. The van der Waals surface area contributed by atoms with E-state index in [2.05, 4.69) is 21.8 Å². The van der Waals surface area contributed by atoms with Crippen LogP contribution in [0.1, 0.15) is 37.5 Å². The zero-order chi connectivity index (χ0) is 17.5. The standard InChI is InChI=1S/C18H21FN4O2/c1-2-11-24-22-17(18(19)23-13-20-12-21-23)14-7-9-16(10-8-14)25-15-5-3-4-6-15/h2,7-10,12-13,15,18H,1,3-6,11H2. The van der Waals surface area contributed by atoms with Crippen LogP contribution in [0.15, 0.2) is 54.7 Å². The number of ether oxygens (including phenoxy) is 1. The lowest BCUT2D eigenvalue weighted by molar-refractivity contribution is 0.168. The number of rotatable bonds is 8. The molecule has 0 amide bonds. The Bertz CT molecular complexity index is 694. The summed E-state index contributed by atoms with van der Waals surface area (Å²) in [5.41, 5.74) is 0.700. The van der Waals surface area contributed by atoms with E-state index in [1.165, 1.54) is 25.5 Å². The Balaban J connectivity index is 1.77. The van der Waals surface area contributed by atoms with Crippen LogP contribution in [0.2, 0.25) is 0 Å². The molecule has 7 heteroatoms. The first kappa shape index (κ1) is 17.1. The number of hydrogen-bond donors (Lipinski definition) is 0. The number of nitrogens with zero attached hydrogens (tertiary/aromatic N) is 4. The predicted molar refractivity (Wildman–Crippen MR) is 92.2 cm³/mol. The van der Waals surface area contributed by atoms with Crippen LogP contribution in [-0.4, -0.2) is 33.2 Å². The lowest BCUT2D eigenvalue weighted by atomic mass is 10.1. The van der Waals surface area contributed by atoms with Gasteiger partial charge in [0.15, 0.2) is 0 Å². The average Bonchev–Trinajstić information content (AvgIpc) is 3.33. The highest BCUT2D eigenvalue weighted by Gasteiger charge is 2.21. The third-order valence-electron chi connectivity index (χ3n) is 4.00. The molecule has 0 bridgehead atoms. The van der Waals surface area contributed by atoms with E-state index < -0.39 is 6.30 Å². The summed E-state index contributed by atoms with van der Waals surface area (Å²) in [5, 5.41) is 7.74. The molecule has 1 atom stereocenters. The first-order valence-electron chi connectivity index (χ1n) is 8.34. The van der Waals surface area contributed by atoms with Crippen LogP contribution in [0.3, 0.4) is 0 Å². The molecule has 1 aromatic heterocycles. The van der Waals surface area contributed by atoms with Gasteiger partial charge < -0.3 is 9.57 Å². The lowest BCUT2D eigenvalue weighted by Gasteiger charge is -2.15. The number of alkyl halides is 1. The Morgan fingerprint density at radius 1 is 1.36 bits per heavy atom. The third-order valence-corrected chi connectivity index (χ3v) is 4.00. The van der Waals surface area contributed by atoms with E-state index in [9.17, 15) is 4.39 Å². The van der Waals surface area contributed by atoms with E-state index in [1.54, 1.807) is 18.2 Å². The van der Waals surface area contributed by atoms with E-state index in [-0.39, 0.29) is 18.4 Å². The average molecular weight is 344 g/mol. The second kappa shape index (κ2) is 8.41. The fourth-order valence-electron chi connectivity index (χ4n) is 2.76. The molecule has 1 heterocycles. The van der Waals surface area contributed by atoms with Gasteiger partial charge in [-0.05, 0) is 49.9 Å². The molecular formula is C18H21FN4O2. The van der Waals surface area contributed by atoms with Crippen LogP contribution in [0.25, 0.3) is 0 Å². The van der Waals surface area contributed by atoms with E-state index in [1.807, 2.05) is 12.1 Å². The molecule has 1 unspecified atom stereocenters. The normalized spacial score (nSPS) is 16.6. The van der Waals surface area contributed by atoms with Crippen LogP contribution < -0.4 is 4.74 Å². The quantitative estimate of drug-likeness (QED) is 0.317. The molecule has 25 heavy (non-hydrogen) atoms. The Morgan fingerprint density at radius 3 is 2.76 bits per heavy atom. The van der Waals surface area contributed by atoms with Crippen molar-refractivity contribution in [3.63, 3.8) is 0 Å². The largest absolute Gasteiger partial charge is 0.490 e. The molecule has 1 aliphatic carbocycles. The van der Waals surface area contributed by atoms with Gasteiger partial charge in [-0.2, -0.15) is 5.10 Å². The Kier molecular flexibility index (Phi) is 5.77. The van der Waals surface area contributed by atoms with Crippen LogP contribution in [0, 0.1) is 0 Å². The van der Waals surface area contributed by atoms with Gasteiger partial charge in [0.05, 0.1) is 6.10 Å². The monoisotopic (exact) mass is 344 g/mol. The highest BCUT2D eigenvalue weighted by molar-refractivity contribution is 6.02. The van der Waals surface area contributed by atoms with Gasteiger partial charge in [-0.15, -0.1) is 0 Å². The summed E-state index contributed by atoms with van der Waals surface area (Å²) in [6.07, 6.45) is 7.38. The zero-order valence-electron chi connectivity index (χ0n) is 13.9. The van der Waals surface area contributed by atoms with Crippen molar-refractivity contribution in [2.24, 2.45) is 5.16 Å². The van der Waals surface area contributed by atoms with Crippen molar-refractivity contribution in [3.05, 3.63) is 55.1 Å². The van der Waals surface area contributed by atoms with Crippen LogP contribution in [0.5, 0.6) is 5.75 Å². The topological polar surface area (TPSA) is 61.5 Å². The molecule has 1 aliphatic rings. The van der Waals surface area contributed by atoms with Crippen molar-refractivity contribution in [2.45, 2.75) is 38.1 Å². The highest BCUT2D eigenvalue weighted by Crippen LogP contribution is 2.25. The molecule has 1 aromatic carbocycles. The maximum absolute atomic E-state index is 14.8. The summed E-state index contributed by atoms with van der Waals surface area (Å²) < 4.78 is 21.8. The van der Waals surface area contributed by atoms with Gasteiger partial charge in [-0.3, -0.25) is 0 Å². The van der Waals surface area contributed by atoms with Gasteiger partial charge in [0.2, 0.25) is 6.30 Å². The van der Waals surface area contributed by atoms with E-state index in [0.29, 0.717) is 5.56 Å². The second-order valence-electron chi connectivity index (χ2n) is 5.82. The van der Waals surface area contributed by atoms with Gasteiger partial charge in [0.25, 0.3) is 0 Å². The third kappa shape index (κ3) is 4.43. The second-order valence-corrected chi connectivity index (χ2v) is 5.82. The van der Waals surface area contributed by atoms with Gasteiger partial charge >= 0.3 is 0 Å². The van der Waals surface area contributed by atoms with Gasteiger partial charge in [-0.25, -0.2) is 14.1 Å². The number of benzene rings is 1. The molecule has 0 radical (unpaired) electrons. The Morgan fingerprint density at radius 2 is 2.12 bits per heavy atom. The number of aromatic nitrogens is 3. The summed E-state index contributed by atoms with van der Waals surface area (Å²) in [7, 11) is 0. The number of halogens is 1. The van der Waals surface area contributed by atoms with Crippen molar-refractivity contribution in [1.29, 1.82) is 0 Å². The molecule has 0 N–H and O–H groups in total. The molecule has 0 spiro atoms.